The zero-order valence-electron chi connectivity index (χ0n) is 40.5. The molecule has 0 aliphatic rings. The summed E-state index contributed by atoms with van der Waals surface area (Å²) in [6.45, 7) is 6.36. The monoisotopic (exact) mass is 873 g/mol. The molecule has 0 saturated carbocycles. The van der Waals surface area contributed by atoms with Crippen LogP contribution in [0.2, 0.25) is 0 Å². The Balaban J connectivity index is 4.53. The molecule has 0 aromatic rings. The third kappa shape index (κ3) is 49.0. The Labute approximate surface area is 387 Å². The molecule has 0 saturated heterocycles. The largest absolute Gasteiger partial charge is 0.462 e. The molecule has 0 N–H and O–H groups in total. The molecule has 63 heavy (non-hydrogen) atoms. The summed E-state index contributed by atoms with van der Waals surface area (Å²) in [4.78, 5) is 37.9. The van der Waals surface area contributed by atoms with Crippen LogP contribution in [0, 0.1) is 0 Å². The number of unbranched alkanes of at least 4 members (excludes halogenated alkanes) is 15. The first-order chi connectivity index (χ1) is 31.0. The lowest BCUT2D eigenvalue weighted by molar-refractivity contribution is -0.167. The quantitative estimate of drug-likeness (QED) is 0.0263. The van der Waals surface area contributed by atoms with Crippen molar-refractivity contribution in [2.75, 3.05) is 13.2 Å². The molecule has 0 aromatic heterocycles. The van der Waals surface area contributed by atoms with Crippen LogP contribution in [-0.4, -0.2) is 37.2 Å². The molecular formula is C57H92O6. The molecule has 0 aromatic carbocycles. The van der Waals surface area contributed by atoms with Crippen molar-refractivity contribution in [1.29, 1.82) is 0 Å². The van der Waals surface area contributed by atoms with E-state index in [1.807, 2.05) is 0 Å². The fourth-order valence-electron chi connectivity index (χ4n) is 6.40. The Morgan fingerprint density at radius 1 is 0.333 bits per heavy atom. The number of rotatable bonds is 44. The van der Waals surface area contributed by atoms with Crippen molar-refractivity contribution in [3.05, 3.63) is 109 Å². The van der Waals surface area contributed by atoms with E-state index in [9.17, 15) is 14.4 Å². The van der Waals surface area contributed by atoms with Crippen molar-refractivity contribution < 1.29 is 28.6 Å². The third-order valence-electron chi connectivity index (χ3n) is 10.2. The highest BCUT2D eigenvalue weighted by molar-refractivity contribution is 5.71. The topological polar surface area (TPSA) is 78.9 Å². The molecule has 0 unspecified atom stereocenters. The van der Waals surface area contributed by atoms with Crippen LogP contribution in [0.5, 0.6) is 0 Å². The van der Waals surface area contributed by atoms with Gasteiger partial charge in [0.25, 0.3) is 0 Å². The van der Waals surface area contributed by atoms with E-state index in [-0.39, 0.29) is 44.0 Å². The molecule has 0 heterocycles. The molecule has 0 amide bonds. The number of hydrogen-bond donors (Lipinski definition) is 0. The predicted molar refractivity (Wildman–Crippen MR) is 270 cm³/mol. The van der Waals surface area contributed by atoms with E-state index in [2.05, 4.69) is 130 Å². The van der Waals surface area contributed by atoms with Gasteiger partial charge in [-0.1, -0.05) is 188 Å². The van der Waals surface area contributed by atoms with E-state index in [0.717, 1.165) is 116 Å². The summed E-state index contributed by atoms with van der Waals surface area (Å²) in [5.41, 5.74) is 0. The van der Waals surface area contributed by atoms with Gasteiger partial charge in [-0.05, 0) is 116 Å². The molecular weight excluding hydrogens is 781 g/mol. The Morgan fingerprint density at radius 2 is 0.651 bits per heavy atom. The van der Waals surface area contributed by atoms with Crippen molar-refractivity contribution >= 4 is 17.9 Å². The van der Waals surface area contributed by atoms with E-state index in [1.54, 1.807) is 0 Å². The summed E-state index contributed by atoms with van der Waals surface area (Å²) >= 11 is 0. The van der Waals surface area contributed by atoms with Crippen molar-refractivity contribution in [3.63, 3.8) is 0 Å². The van der Waals surface area contributed by atoms with E-state index < -0.39 is 6.10 Å². The number of esters is 3. The van der Waals surface area contributed by atoms with Crippen LogP contribution < -0.4 is 0 Å². The standard InChI is InChI=1S/C57H92O6/c1-4-7-10-13-16-19-22-24-26-28-30-32-35-38-41-44-47-50-56(59)62-53-54(52-61-55(58)49-46-43-40-37-34-21-18-15-12-9-6-3)63-57(60)51-48-45-42-39-36-33-31-29-27-25-23-20-17-14-11-8-5-2/h7,10,15-20,24-27,30-33,38,41,54H,4-6,8-9,11-14,21-23,28-29,34-37,39-40,42-53H2,1-3H3/b10-7-,18-15-,19-16-,20-17-,26-24-,27-25-,32-30-,33-31-,41-38-/t54-/m1/s1. The predicted octanol–water partition coefficient (Wildman–Crippen LogP) is 16.8. The molecule has 0 bridgehead atoms. The van der Waals surface area contributed by atoms with E-state index in [1.165, 1.54) is 51.4 Å². The summed E-state index contributed by atoms with van der Waals surface area (Å²) in [7, 11) is 0. The van der Waals surface area contributed by atoms with Gasteiger partial charge in [-0.15, -0.1) is 0 Å². The maximum absolute atomic E-state index is 12.8. The van der Waals surface area contributed by atoms with Crippen LogP contribution in [0.25, 0.3) is 0 Å². The minimum absolute atomic E-state index is 0.112. The van der Waals surface area contributed by atoms with Crippen LogP contribution in [0.15, 0.2) is 109 Å². The average molecular weight is 873 g/mol. The molecule has 0 radical (unpaired) electrons. The molecule has 0 rings (SSSR count). The number of carbonyl (C=O) groups excluding carboxylic acids is 3. The van der Waals surface area contributed by atoms with Gasteiger partial charge in [-0.3, -0.25) is 14.4 Å². The lowest BCUT2D eigenvalue weighted by Crippen LogP contribution is -2.30. The zero-order chi connectivity index (χ0) is 45.8. The van der Waals surface area contributed by atoms with Gasteiger partial charge >= 0.3 is 17.9 Å². The Morgan fingerprint density at radius 3 is 1.10 bits per heavy atom. The maximum atomic E-state index is 12.8. The second-order valence-electron chi connectivity index (χ2n) is 16.3. The number of carbonyl (C=O) groups is 3. The van der Waals surface area contributed by atoms with E-state index in [0.29, 0.717) is 12.8 Å². The van der Waals surface area contributed by atoms with Gasteiger partial charge in [-0.2, -0.15) is 0 Å². The van der Waals surface area contributed by atoms with Gasteiger partial charge in [0.15, 0.2) is 6.10 Å². The first-order valence-electron chi connectivity index (χ1n) is 25.4. The lowest BCUT2D eigenvalue weighted by Gasteiger charge is -2.18. The van der Waals surface area contributed by atoms with Crippen LogP contribution in [0.3, 0.4) is 0 Å². The van der Waals surface area contributed by atoms with Crippen molar-refractivity contribution in [3.8, 4) is 0 Å². The first kappa shape index (κ1) is 59.1. The third-order valence-corrected chi connectivity index (χ3v) is 10.2. The van der Waals surface area contributed by atoms with Crippen LogP contribution in [-0.2, 0) is 28.6 Å². The molecule has 6 nitrogen and oxygen atoms in total. The summed E-state index contributed by atoms with van der Waals surface area (Å²) < 4.78 is 16.7. The highest BCUT2D eigenvalue weighted by Gasteiger charge is 2.19. The first-order valence-corrected chi connectivity index (χ1v) is 25.4. The summed E-state index contributed by atoms with van der Waals surface area (Å²) in [6.07, 6.45) is 67.9. The summed E-state index contributed by atoms with van der Waals surface area (Å²) in [5.74, 6) is -1.01. The highest BCUT2D eigenvalue weighted by atomic mass is 16.6. The van der Waals surface area contributed by atoms with E-state index in [4.69, 9.17) is 14.2 Å². The van der Waals surface area contributed by atoms with Crippen LogP contribution in [0.1, 0.15) is 213 Å². The average Bonchev–Trinajstić information content (AvgIpc) is 3.28. The fraction of sp³-hybridized carbons (Fsp3) is 0.632. The SMILES string of the molecule is CC/C=C\C/C=C\C/C=C\C/C=C\C/C=C\CCCC(=O)OC[C@@H](COC(=O)CCCCCCC/C=C\CCCC)OC(=O)CCCCCC/C=C\C/C=C\C/C=C\CCCCC. The second kappa shape index (κ2) is 50.7. The van der Waals surface area contributed by atoms with Gasteiger partial charge in [0.1, 0.15) is 13.2 Å². The highest BCUT2D eigenvalue weighted by Crippen LogP contribution is 2.12. The lowest BCUT2D eigenvalue weighted by atomic mass is 10.1. The number of allylic oxidation sites excluding steroid dienone is 18. The maximum Gasteiger partial charge on any atom is 0.306 e. The number of hydrogen-bond acceptors (Lipinski definition) is 6. The Hall–Kier alpha value is -3.93. The number of ether oxygens (including phenoxy) is 3. The molecule has 0 aliphatic heterocycles. The minimum atomic E-state index is -0.817. The van der Waals surface area contributed by atoms with Gasteiger partial charge in [0.05, 0.1) is 0 Å². The second-order valence-corrected chi connectivity index (χ2v) is 16.3. The Bertz CT molecular complexity index is 1330. The molecule has 0 aliphatic carbocycles. The molecule has 356 valence electrons. The van der Waals surface area contributed by atoms with Crippen LogP contribution >= 0.6 is 0 Å². The van der Waals surface area contributed by atoms with Crippen molar-refractivity contribution in [2.24, 2.45) is 0 Å². The summed E-state index contributed by atoms with van der Waals surface area (Å²) in [5, 5.41) is 0. The Kier molecular flexibility index (Phi) is 47.5. The molecule has 1 atom stereocenters. The fourth-order valence-corrected chi connectivity index (χ4v) is 6.40. The van der Waals surface area contributed by atoms with Gasteiger partial charge in [-0.25, -0.2) is 0 Å². The normalized spacial score (nSPS) is 13.0. The van der Waals surface area contributed by atoms with Crippen molar-refractivity contribution in [1.82, 2.24) is 0 Å². The van der Waals surface area contributed by atoms with Gasteiger partial charge < -0.3 is 14.2 Å². The summed E-state index contributed by atoms with van der Waals surface area (Å²) in [6, 6.07) is 0. The molecule has 0 fully saturated rings. The van der Waals surface area contributed by atoms with Crippen molar-refractivity contribution in [2.45, 2.75) is 219 Å². The van der Waals surface area contributed by atoms with Crippen LogP contribution in [0.4, 0.5) is 0 Å². The zero-order valence-corrected chi connectivity index (χ0v) is 40.5. The molecule has 0 spiro atoms. The van der Waals surface area contributed by atoms with Gasteiger partial charge in [0.2, 0.25) is 0 Å². The minimum Gasteiger partial charge on any atom is -0.462 e. The van der Waals surface area contributed by atoms with E-state index >= 15 is 0 Å². The molecule has 6 heteroatoms. The smallest absolute Gasteiger partial charge is 0.306 e. The van der Waals surface area contributed by atoms with Gasteiger partial charge in [0, 0.05) is 19.3 Å².